The van der Waals surface area contributed by atoms with Crippen molar-refractivity contribution in [3.63, 3.8) is 0 Å². The molecule has 1 nitrogen and oxygen atoms in total. The van der Waals surface area contributed by atoms with Crippen molar-refractivity contribution in [2.75, 3.05) is 0 Å². The van der Waals surface area contributed by atoms with Crippen LogP contribution >= 0.6 is 54.5 Å². The SMILES string of the molecule is Brc1sccc1Oc1ccsc1Br. The number of hydrogen-bond donors (Lipinski definition) is 0. The smallest absolute Gasteiger partial charge is 0.152 e. The lowest BCUT2D eigenvalue weighted by Gasteiger charge is -2.01. The van der Waals surface area contributed by atoms with Crippen LogP contribution in [0.25, 0.3) is 0 Å². The lowest BCUT2D eigenvalue weighted by Crippen LogP contribution is -1.79. The highest BCUT2D eigenvalue weighted by molar-refractivity contribution is 9.11. The summed E-state index contributed by atoms with van der Waals surface area (Å²) in [6.45, 7) is 0. The van der Waals surface area contributed by atoms with Crippen LogP contribution in [0, 0.1) is 0 Å². The molecule has 0 spiro atoms. The minimum absolute atomic E-state index is 0.865. The topological polar surface area (TPSA) is 9.23 Å². The first-order chi connectivity index (χ1) is 6.27. The Labute approximate surface area is 101 Å². The zero-order chi connectivity index (χ0) is 9.26. The van der Waals surface area contributed by atoms with Gasteiger partial charge in [0.1, 0.15) is 7.57 Å². The second kappa shape index (κ2) is 4.13. The first-order valence-corrected chi connectivity index (χ1v) is 6.76. The molecule has 0 fully saturated rings. The third-order valence-electron chi connectivity index (χ3n) is 1.39. The number of halogens is 2. The average Bonchev–Trinajstić information content (AvgIpc) is 2.65. The minimum Gasteiger partial charge on any atom is -0.453 e. The lowest BCUT2D eigenvalue weighted by atomic mass is 10.5. The summed E-state index contributed by atoms with van der Waals surface area (Å²) in [5.41, 5.74) is 0. The molecule has 13 heavy (non-hydrogen) atoms. The molecule has 0 unspecified atom stereocenters. The van der Waals surface area contributed by atoms with Gasteiger partial charge in [0.15, 0.2) is 11.5 Å². The van der Waals surface area contributed by atoms with Crippen molar-refractivity contribution < 1.29 is 4.74 Å². The maximum absolute atomic E-state index is 5.65. The van der Waals surface area contributed by atoms with Crippen LogP contribution in [0.3, 0.4) is 0 Å². The predicted octanol–water partition coefficient (Wildman–Crippen LogP) is 5.13. The summed E-state index contributed by atoms with van der Waals surface area (Å²) < 4.78 is 7.69. The van der Waals surface area contributed by atoms with E-state index in [1.165, 1.54) is 0 Å². The van der Waals surface area contributed by atoms with Crippen molar-refractivity contribution in [1.82, 2.24) is 0 Å². The largest absolute Gasteiger partial charge is 0.453 e. The molecule has 2 heterocycles. The first kappa shape index (κ1) is 9.71. The normalized spacial score (nSPS) is 10.3. The van der Waals surface area contributed by atoms with E-state index in [0.29, 0.717) is 0 Å². The van der Waals surface area contributed by atoms with Gasteiger partial charge in [-0.3, -0.25) is 0 Å². The standard InChI is InChI=1S/C8H4Br2OS2/c9-7-5(1-3-12-7)11-6-2-4-13-8(6)10/h1-4H. The van der Waals surface area contributed by atoms with E-state index < -0.39 is 0 Å². The van der Waals surface area contributed by atoms with E-state index in [2.05, 4.69) is 31.9 Å². The van der Waals surface area contributed by atoms with Crippen LogP contribution in [0.15, 0.2) is 30.5 Å². The van der Waals surface area contributed by atoms with Gasteiger partial charge in [0, 0.05) is 0 Å². The molecular weight excluding hydrogens is 336 g/mol. The molecule has 0 saturated heterocycles. The van der Waals surface area contributed by atoms with Crippen LogP contribution in [0.2, 0.25) is 0 Å². The Morgan fingerprint density at radius 1 is 0.923 bits per heavy atom. The van der Waals surface area contributed by atoms with Gasteiger partial charge in [0.2, 0.25) is 0 Å². The van der Waals surface area contributed by atoms with Gasteiger partial charge in [-0.05, 0) is 54.8 Å². The van der Waals surface area contributed by atoms with E-state index in [4.69, 9.17) is 4.74 Å². The van der Waals surface area contributed by atoms with E-state index in [-0.39, 0.29) is 0 Å². The van der Waals surface area contributed by atoms with Crippen LogP contribution in [-0.4, -0.2) is 0 Å². The molecule has 0 saturated carbocycles. The number of hydrogen-bond acceptors (Lipinski definition) is 3. The molecule has 2 rings (SSSR count). The number of thiophene rings is 2. The fourth-order valence-corrected chi connectivity index (χ4v) is 2.97. The van der Waals surface area contributed by atoms with Crippen LogP contribution in [0.1, 0.15) is 0 Å². The maximum atomic E-state index is 5.65. The average molecular weight is 340 g/mol. The molecule has 0 bridgehead atoms. The van der Waals surface area contributed by atoms with Crippen LogP contribution in [-0.2, 0) is 0 Å². The number of ether oxygens (including phenoxy) is 1. The fraction of sp³-hybridized carbons (Fsp3) is 0. The highest BCUT2D eigenvalue weighted by atomic mass is 79.9. The fourth-order valence-electron chi connectivity index (χ4n) is 0.825. The van der Waals surface area contributed by atoms with Gasteiger partial charge in [-0.25, -0.2) is 0 Å². The molecule has 2 aromatic heterocycles. The lowest BCUT2D eigenvalue weighted by molar-refractivity contribution is 0.482. The Kier molecular flexibility index (Phi) is 3.08. The van der Waals surface area contributed by atoms with Crippen molar-refractivity contribution >= 4 is 54.5 Å². The molecule has 0 radical (unpaired) electrons. The van der Waals surface area contributed by atoms with Crippen molar-refractivity contribution in [2.24, 2.45) is 0 Å². The van der Waals surface area contributed by atoms with E-state index in [9.17, 15) is 0 Å². The van der Waals surface area contributed by atoms with Gasteiger partial charge in [0.05, 0.1) is 0 Å². The molecule has 2 aromatic rings. The summed E-state index contributed by atoms with van der Waals surface area (Å²) in [5.74, 6) is 1.73. The molecule has 0 atom stereocenters. The Balaban J connectivity index is 2.24. The van der Waals surface area contributed by atoms with E-state index in [1.54, 1.807) is 22.7 Å². The van der Waals surface area contributed by atoms with E-state index in [0.717, 1.165) is 19.1 Å². The minimum atomic E-state index is 0.865. The van der Waals surface area contributed by atoms with Gasteiger partial charge < -0.3 is 4.74 Å². The summed E-state index contributed by atoms with van der Waals surface area (Å²) in [4.78, 5) is 0. The molecule has 0 aromatic carbocycles. The molecule has 68 valence electrons. The molecule has 0 N–H and O–H groups in total. The van der Waals surface area contributed by atoms with E-state index >= 15 is 0 Å². The van der Waals surface area contributed by atoms with Gasteiger partial charge in [-0.2, -0.15) is 0 Å². The first-order valence-electron chi connectivity index (χ1n) is 3.41. The quantitative estimate of drug-likeness (QED) is 0.737. The summed E-state index contributed by atoms with van der Waals surface area (Å²) in [7, 11) is 0. The Morgan fingerprint density at radius 2 is 1.38 bits per heavy atom. The molecule has 0 aliphatic carbocycles. The second-order valence-electron chi connectivity index (χ2n) is 2.22. The van der Waals surface area contributed by atoms with Crippen molar-refractivity contribution in [3.8, 4) is 11.5 Å². The van der Waals surface area contributed by atoms with Crippen LogP contribution in [0.4, 0.5) is 0 Å². The Morgan fingerprint density at radius 3 is 1.69 bits per heavy atom. The van der Waals surface area contributed by atoms with Crippen LogP contribution in [0.5, 0.6) is 11.5 Å². The van der Waals surface area contributed by atoms with Crippen molar-refractivity contribution in [1.29, 1.82) is 0 Å². The van der Waals surface area contributed by atoms with Gasteiger partial charge >= 0.3 is 0 Å². The Hall–Kier alpha value is 0.160. The summed E-state index contributed by atoms with van der Waals surface area (Å²) in [6, 6.07) is 3.89. The number of rotatable bonds is 2. The van der Waals surface area contributed by atoms with Gasteiger partial charge in [-0.1, -0.05) is 0 Å². The van der Waals surface area contributed by atoms with Crippen molar-refractivity contribution in [2.45, 2.75) is 0 Å². The third-order valence-corrected chi connectivity index (χ3v) is 4.65. The summed E-state index contributed by atoms with van der Waals surface area (Å²) in [5, 5.41) is 3.97. The second-order valence-corrected chi connectivity index (χ2v) is 6.69. The zero-order valence-electron chi connectivity index (χ0n) is 6.29. The summed E-state index contributed by atoms with van der Waals surface area (Å²) >= 11 is 10.1. The summed E-state index contributed by atoms with van der Waals surface area (Å²) in [6.07, 6.45) is 0. The molecule has 5 heteroatoms. The van der Waals surface area contributed by atoms with Gasteiger partial charge in [-0.15, -0.1) is 22.7 Å². The maximum Gasteiger partial charge on any atom is 0.152 e. The highest BCUT2D eigenvalue weighted by Crippen LogP contribution is 2.38. The molecule has 0 aliphatic rings. The van der Waals surface area contributed by atoms with Crippen molar-refractivity contribution in [3.05, 3.63) is 30.5 Å². The monoisotopic (exact) mass is 338 g/mol. The predicted molar refractivity (Wildman–Crippen MR) is 64.1 cm³/mol. The zero-order valence-corrected chi connectivity index (χ0v) is 11.1. The van der Waals surface area contributed by atoms with Gasteiger partial charge in [0.25, 0.3) is 0 Å². The molecule has 0 amide bonds. The third kappa shape index (κ3) is 2.15. The molecule has 0 aliphatic heterocycles. The Bertz CT molecular complexity index is 369. The molecular formula is C8H4Br2OS2. The highest BCUT2D eigenvalue weighted by Gasteiger charge is 2.07. The van der Waals surface area contributed by atoms with E-state index in [1.807, 2.05) is 22.9 Å². The van der Waals surface area contributed by atoms with Crippen LogP contribution < -0.4 is 4.74 Å².